The molecule has 25 heavy (non-hydrogen) atoms. The number of aromatic nitrogens is 3. The van der Waals surface area contributed by atoms with Crippen LogP contribution in [0.4, 0.5) is 5.95 Å². The number of anilines is 1. The van der Waals surface area contributed by atoms with E-state index in [9.17, 15) is 4.79 Å². The van der Waals surface area contributed by atoms with Crippen molar-refractivity contribution in [3.05, 3.63) is 34.5 Å². The Bertz CT molecular complexity index is 656. The normalized spacial score (nSPS) is 16.5. The maximum absolute atomic E-state index is 12.3. The Morgan fingerprint density at radius 2 is 2.12 bits per heavy atom. The van der Waals surface area contributed by atoms with Crippen LogP contribution in [-0.2, 0) is 6.42 Å². The number of halogens is 2. The highest BCUT2D eigenvalue weighted by Crippen LogP contribution is 2.16. The van der Waals surface area contributed by atoms with Crippen LogP contribution in [0.2, 0.25) is 0 Å². The molecule has 3 heterocycles. The van der Waals surface area contributed by atoms with Crippen LogP contribution in [0.25, 0.3) is 0 Å². The van der Waals surface area contributed by atoms with Gasteiger partial charge >= 0.3 is 0 Å². The van der Waals surface area contributed by atoms with E-state index < -0.39 is 0 Å². The first-order valence-corrected chi connectivity index (χ1v) is 8.61. The van der Waals surface area contributed by atoms with E-state index in [1.54, 1.807) is 23.8 Å². The van der Waals surface area contributed by atoms with Crippen LogP contribution in [0, 0.1) is 0 Å². The van der Waals surface area contributed by atoms with E-state index in [1.807, 2.05) is 0 Å². The molecule has 2 aromatic heterocycles. The second-order valence-electron chi connectivity index (χ2n) is 5.47. The lowest BCUT2D eigenvalue weighted by Crippen LogP contribution is -2.48. The first-order chi connectivity index (χ1) is 11.3. The molecule has 1 saturated heterocycles. The largest absolute Gasteiger partial charge is 0.346 e. The Morgan fingerprint density at radius 3 is 2.84 bits per heavy atom. The van der Waals surface area contributed by atoms with Crippen molar-refractivity contribution in [3.8, 4) is 0 Å². The SMILES string of the molecule is Cl.Cl.NCCc1nc(C(=O)NC2CCCN(c3ncccn3)C2)cs1. The van der Waals surface area contributed by atoms with E-state index >= 15 is 0 Å². The van der Waals surface area contributed by atoms with Crippen molar-refractivity contribution in [1.82, 2.24) is 20.3 Å². The average Bonchev–Trinajstić information content (AvgIpc) is 3.05. The second kappa shape index (κ2) is 10.5. The third-order valence-electron chi connectivity index (χ3n) is 3.73. The van der Waals surface area contributed by atoms with Crippen molar-refractivity contribution in [2.75, 3.05) is 24.5 Å². The Balaban J connectivity index is 0.00000156. The fraction of sp³-hybridized carbons (Fsp3) is 0.467. The average molecular weight is 405 g/mol. The zero-order valence-corrected chi connectivity index (χ0v) is 16.1. The van der Waals surface area contributed by atoms with Crippen LogP contribution in [0.15, 0.2) is 23.8 Å². The number of thiazole rings is 1. The maximum atomic E-state index is 12.3. The first-order valence-electron chi connectivity index (χ1n) is 7.73. The molecule has 0 spiro atoms. The van der Waals surface area contributed by atoms with Gasteiger partial charge in [0.05, 0.1) is 5.01 Å². The predicted molar refractivity (Wildman–Crippen MR) is 104 cm³/mol. The molecule has 1 aliphatic rings. The third-order valence-corrected chi connectivity index (χ3v) is 4.64. The maximum Gasteiger partial charge on any atom is 0.271 e. The molecule has 0 saturated carbocycles. The van der Waals surface area contributed by atoms with Crippen LogP contribution < -0.4 is 16.0 Å². The second-order valence-corrected chi connectivity index (χ2v) is 6.42. The summed E-state index contributed by atoms with van der Waals surface area (Å²) in [6.45, 7) is 2.17. The summed E-state index contributed by atoms with van der Waals surface area (Å²) >= 11 is 1.48. The van der Waals surface area contributed by atoms with Gasteiger partial charge in [0.25, 0.3) is 5.91 Å². The number of piperidine rings is 1. The number of nitrogens with zero attached hydrogens (tertiary/aromatic N) is 4. The number of amides is 1. The van der Waals surface area contributed by atoms with E-state index in [2.05, 4.69) is 25.2 Å². The van der Waals surface area contributed by atoms with Crippen LogP contribution in [0.5, 0.6) is 0 Å². The molecule has 10 heteroatoms. The van der Waals surface area contributed by atoms with Crippen LogP contribution in [-0.4, -0.2) is 46.5 Å². The Morgan fingerprint density at radius 1 is 1.36 bits per heavy atom. The van der Waals surface area contributed by atoms with Gasteiger partial charge in [0.1, 0.15) is 5.69 Å². The van der Waals surface area contributed by atoms with Gasteiger partial charge in [-0.3, -0.25) is 4.79 Å². The van der Waals surface area contributed by atoms with Gasteiger partial charge in [-0.15, -0.1) is 36.2 Å². The summed E-state index contributed by atoms with van der Waals surface area (Å²) < 4.78 is 0. The van der Waals surface area contributed by atoms with Crippen molar-refractivity contribution in [2.24, 2.45) is 5.73 Å². The summed E-state index contributed by atoms with van der Waals surface area (Å²) in [6.07, 6.45) is 6.13. The lowest BCUT2D eigenvalue weighted by atomic mass is 10.1. The monoisotopic (exact) mass is 404 g/mol. The number of nitrogens with one attached hydrogen (secondary N) is 1. The zero-order valence-electron chi connectivity index (χ0n) is 13.6. The van der Waals surface area contributed by atoms with Gasteiger partial charge in [0.15, 0.2) is 0 Å². The molecule has 1 unspecified atom stereocenters. The summed E-state index contributed by atoms with van der Waals surface area (Å²) in [5.41, 5.74) is 5.99. The summed E-state index contributed by atoms with van der Waals surface area (Å²) in [4.78, 5) is 27.3. The smallest absolute Gasteiger partial charge is 0.271 e. The van der Waals surface area contributed by atoms with Gasteiger partial charge < -0.3 is 16.0 Å². The van der Waals surface area contributed by atoms with Crippen LogP contribution in [0.3, 0.4) is 0 Å². The molecule has 0 aliphatic carbocycles. The summed E-state index contributed by atoms with van der Waals surface area (Å²) in [5.74, 6) is 0.593. The van der Waals surface area contributed by atoms with Crippen LogP contribution >= 0.6 is 36.2 Å². The van der Waals surface area contributed by atoms with Gasteiger partial charge in [0, 0.05) is 43.3 Å². The fourth-order valence-corrected chi connectivity index (χ4v) is 3.44. The highest BCUT2D eigenvalue weighted by molar-refractivity contribution is 7.09. The van der Waals surface area contributed by atoms with Gasteiger partial charge in [0.2, 0.25) is 5.95 Å². The minimum Gasteiger partial charge on any atom is -0.346 e. The van der Waals surface area contributed by atoms with Crippen molar-refractivity contribution in [2.45, 2.75) is 25.3 Å². The first kappa shape index (κ1) is 21.6. The fourth-order valence-electron chi connectivity index (χ4n) is 2.64. The van der Waals surface area contributed by atoms with E-state index in [4.69, 9.17) is 5.73 Å². The topological polar surface area (TPSA) is 97.0 Å². The summed E-state index contributed by atoms with van der Waals surface area (Å²) in [7, 11) is 0. The minimum absolute atomic E-state index is 0. The van der Waals surface area contributed by atoms with Gasteiger partial charge in [-0.05, 0) is 25.5 Å². The van der Waals surface area contributed by atoms with Crippen molar-refractivity contribution < 1.29 is 4.79 Å². The van der Waals surface area contributed by atoms with Crippen LogP contribution in [0.1, 0.15) is 28.3 Å². The number of carbonyl (C=O) groups excluding carboxylic acids is 1. The van der Waals surface area contributed by atoms with Gasteiger partial charge in [-0.2, -0.15) is 0 Å². The van der Waals surface area contributed by atoms with E-state index in [-0.39, 0.29) is 36.8 Å². The van der Waals surface area contributed by atoms with Gasteiger partial charge in [-0.25, -0.2) is 15.0 Å². The molecule has 1 aliphatic heterocycles. The Kier molecular flexibility index (Phi) is 9.05. The molecule has 1 amide bonds. The van der Waals surface area contributed by atoms with E-state index in [0.29, 0.717) is 24.6 Å². The summed E-state index contributed by atoms with van der Waals surface area (Å²) in [6, 6.07) is 1.88. The predicted octanol–water partition coefficient (Wildman–Crippen LogP) is 1.68. The molecule has 1 fully saturated rings. The molecule has 0 bridgehead atoms. The molecule has 2 aromatic rings. The molecule has 138 valence electrons. The highest BCUT2D eigenvalue weighted by atomic mass is 35.5. The lowest BCUT2D eigenvalue weighted by Gasteiger charge is -2.32. The molecule has 3 N–H and O–H groups in total. The van der Waals surface area contributed by atoms with E-state index in [0.717, 1.165) is 30.9 Å². The molecular weight excluding hydrogens is 383 g/mol. The van der Waals surface area contributed by atoms with E-state index in [1.165, 1.54) is 11.3 Å². The molecule has 7 nitrogen and oxygen atoms in total. The molecule has 0 aromatic carbocycles. The standard InChI is InChI=1S/C15H20N6OS.2ClH/c16-5-4-13-20-12(10-23-13)14(22)19-11-3-1-8-21(9-11)15-17-6-2-7-18-15;;/h2,6-7,10-11H,1,3-5,8-9,16H2,(H,19,22);2*1H. The molecule has 0 radical (unpaired) electrons. The Hall–Kier alpha value is -1.48. The zero-order chi connectivity index (χ0) is 16.1. The quantitative estimate of drug-likeness (QED) is 0.786. The van der Waals surface area contributed by atoms with Gasteiger partial charge in [-0.1, -0.05) is 0 Å². The number of hydrogen-bond donors (Lipinski definition) is 2. The van der Waals surface area contributed by atoms with Crippen molar-refractivity contribution in [3.63, 3.8) is 0 Å². The highest BCUT2D eigenvalue weighted by Gasteiger charge is 2.24. The Labute approximate surface area is 163 Å². The molecular formula is C15H22Cl2N6OS. The van der Waals surface area contributed by atoms with Crippen molar-refractivity contribution in [1.29, 1.82) is 0 Å². The lowest BCUT2D eigenvalue weighted by molar-refractivity contribution is 0.0928. The minimum atomic E-state index is -0.120. The molecule has 3 rings (SSSR count). The van der Waals surface area contributed by atoms with Crippen molar-refractivity contribution >= 4 is 48.0 Å². The number of rotatable bonds is 5. The number of hydrogen-bond acceptors (Lipinski definition) is 7. The molecule has 1 atom stereocenters. The summed E-state index contributed by atoms with van der Waals surface area (Å²) in [5, 5.41) is 5.76. The third kappa shape index (κ3) is 5.78. The number of nitrogens with two attached hydrogens (primary N) is 1. The number of carbonyl (C=O) groups is 1.